The van der Waals surface area contributed by atoms with Gasteiger partial charge in [0.1, 0.15) is 5.52 Å². The number of aromatic amines is 1. The maximum Gasteiger partial charge on any atom is 0.156 e. The number of aromatic nitrogens is 4. The van der Waals surface area contributed by atoms with E-state index in [1.165, 1.54) is 0 Å². The van der Waals surface area contributed by atoms with Crippen LogP contribution in [-0.2, 0) is 0 Å². The highest BCUT2D eigenvalue weighted by atomic mass is 14.9. The summed E-state index contributed by atoms with van der Waals surface area (Å²) < 4.78 is 0. The Bertz CT molecular complexity index is 628. The smallest absolute Gasteiger partial charge is 0.156 e. The lowest BCUT2D eigenvalue weighted by atomic mass is 10.2. The Kier molecular flexibility index (Phi) is 1.93. The Labute approximate surface area is 92.4 Å². The van der Waals surface area contributed by atoms with E-state index in [9.17, 15) is 0 Å². The highest BCUT2D eigenvalue weighted by Crippen LogP contribution is 2.19. The van der Waals surface area contributed by atoms with E-state index < -0.39 is 0 Å². The van der Waals surface area contributed by atoms with Crippen molar-refractivity contribution in [2.24, 2.45) is 0 Å². The SMILES string of the molecule is Cc1c[nH]c2ncc(-c3ccncc3)nc12. The summed E-state index contributed by atoms with van der Waals surface area (Å²) >= 11 is 0. The second-order valence-electron chi connectivity index (χ2n) is 3.66. The molecule has 0 aliphatic heterocycles. The maximum absolute atomic E-state index is 4.58. The van der Waals surface area contributed by atoms with Crippen molar-refractivity contribution < 1.29 is 0 Å². The number of nitrogens with one attached hydrogen (secondary N) is 1. The molecule has 0 bridgehead atoms. The summed E-state index contributed by atoms with van der Waals surface area (Å²) in [4.78, 5) is 16.0. The molecule has 0 atom stereocenters. The standard InChI is InChI=1S/C12H10N4/c1-8-6-14-12-11(8)16-10(7-15-12)9-2-4-13-5-3-9/h2-7H,1H3,(H,14,15). The summed E-state index contributed by atoms with van der Waals surface area (Å²) in [7, 11) is 0. The van der Waals surface area contributed by atoms with E-state index >= 15 is 0 Å². The zero-order valence-corrected chi connectivity index (χ0v) is 8.81. The van der Waals surface area contributed by atoms with Gasteiger partial charge in [-0.2, -0.15) is 0 Å². The molecule has 3 rings (SSSR count). The number of fused-ring (bicyclic) bond motifs is 1. The fraction of sp³-hybridized carbons (Fsp3) is 0.0833. The lowest BCUT2D eigenvalue weighted by molar-refractivity contribution is 1.25. The molecule has 78 valence electrons. The van der Waals surface area contributed by atoms with Crippen LogP contribution in [-0.4, -0.2) is 19.9 Å². The van der Waals surface area contributed by atoms with Crippen molar-refractivity contribution in [1.29, 1.82) is 0 Å². The van der Waals surface area contributed by atoms with Crippen molar-refractivity contribution in [2.45, 2.75) is 6.92 Å². The minimum absolute atomic E-state index is 0.829. The second-order valence-corrected chi connectivity index (χ2v) is 3.66. The van der Waals surface area contributed by atoms with Gasteiger partial charge in [-0.05, 0) is 24.6 Å². The molecular weight excluding hydrogens is 200 g/mol. The van der Waals surface area contributed by atoms with E-state index in [1.807, 2.05) is 25.3 Å². The van der Waals surface area contributed by atoms with Crippen LogP contribution in [0.2, 0.25) is 0 Å². The van der Waals surface area contributed by atoms with Gasteiger partial charge in [0.05, 0.1) is 11.9 Å². The number of hydrogen-bond donors (Lipinski definition) is 1. The van der Waals surface area contributed by atoms with Gasteiger partial charge in [-0.25, -0.2) is 9.97 Å². The molecule has 4 heteroatoms. The Morgan fingerprint density at radius 1 is 1.19 bits per heavy atom. The Hall–Kier alpha value is -2.23. The van der Waals surface area contributed by atoms with Crippen LogP contribution >= 0.6 is 0 Å². The summed E-state index contributed by atoms with van der Waals surface area (Å²) in [5.74, 6) is 0. The van der Waals surface area contributed by atoms with Gasteiger partial charge in [-0.3, -0.25) is 4.98 Å². The number of pyridine rings is 1. The second kappa shape index (κ2) is 3.41. The lowest BCUT2D eigenvalue weighted by Crippen LogP contribution is -1.87. The Morgan fingerprint density at radius 3 is 2.81 bits per heavy atom. The Morgan fingerprint density at radius 2 is 2.00 bits per heavy atom. The molecule has 0 aliphatic carbocycles. The monoisotopic (exact) mass is 210 g/mol. The van der Waals surface area contributed by atoms with Crippen LogP contribution in [0.15, 0.2) is 36.9 Å². The molecule has 4 nitrogen and oxygen atoms in total. The first-order chi connectivity index (χ1) is 7.84. The van der Waals surface area contributed by atoms with E-state index in [-0.39, 0.29) is 0 Å². The van der Waals surface area contributed by atoms with E-state index in [4.69, 9.17) is 0 Å². The van der Waals surface area contributed by atoms with E-state index in [0.29, 0.717) is 0 Å². The maximum atomic E-state index is 4.58. The first-order valence-corrected chi connectivity index (χ1v) is 5.06. The highest BCUT2D eigenvalue weighted by molar-refractivity contribution is 5.77. The normalized spacial score (nSPS) is 10.8. The predicted molar refractivity (Wildman–Crippen MR) is 61.9 cm³/mol. The third-order valence-electron chi connectivity index (χ3n) is 2.55. The van der Waals surface area contributed by atoms with E-state index in [1.54, 1.807) is 18.6 Å². The molecule has 16 heavy (non-hydrogen) atoms. The highest BCUT2D eigenvalue weighted by Gasteiger charge is 2.05. The predicted octanol–water partition coefficient (Wildman–Crippen LogP) is 2.33. The number of H-pyrrole nitrogens is 1. The topological polar surface area (TPSA) is 54.5 Å². The molecule has 1 N–H and O–H groups in total. The van der Waals surface area contributed by atoms with Crippen molar-refractivity contribution in [2.75, 3.05) is 0 Å². The minimum Gasteiger partial charge on any atom is -0.345 e. The van der Waals surface area contributed by atoms with Crippen LogP contribution in [0.4, 0.5) is 0 Å². The molecule has 0 saturated heterocycles. The van der Waals surface area contributed by atoms with Crippen LogP contribution in [0.3, 0.4) is 0 Å². The largest absolute Gasteiger partial charge is 0.345 e. The van der Waals surface area contributed by atoms with Crippen molar-refractivity contribution in [3.8, 4) is 11.3 Å². The molecule has 0 saturated carbocycles. The van der Waals surface area contributed by atoms with Gasteiger partial charge in [0.15, 0.2) is 5.65 Å². The first kappa shape index (κ1) is 9.03. The molecular formula is C12H10N4. The molecule has 0 fully saturated rings. The molecule has 3 aromatic heterocycles. The molecule has 3 aromatic rings. The summed E-state index contributed by atoms with van der Waals surface area (Å²) in [5, 5.41) is 0. The molecule has 0 amide bonds. The molecule has 0 aromatic carbocycles. The third-order valence-corrected chi connectivity index (χ3v) is 2.55. The van der Waals surface area contributed by atoms with Gasteiger partial charge in [-0.15, -0.1) is 0 Å². The van der Waals surface area contributed by atoms with Crippen molar-refractivity contribution >= 4 is 11.2 Å². The van der Waals surface area contributed by atoms with Gasteiger partial charge in [0, 0.05) is 24.2 Å². The van der Waals surface area contributed by atoms with Crippen molar-refractivity contribution in [3.63, 3.8) is 0 Å². The van der Waals surface area contributed by atoms with Crippen molar-refractivity contribution in [1.82, 2.24) is 19.9 Å². The first-order valence-electron chi connectivity index (χ1n) is 5.06. The summed E-state index contributed by atoms with van der Waals surface area (Å²) in [6.45, 7) is 2.02. The lowest BCUT2D eigenvalue weighted by Gasteiger charge is -1.99. The zero-order chi connectivity index (χ0) is 11.0. The molecule has 0 unspecified atom stereocenters. The third kappa shape index (κ3) is 1.35. The van der Waals surface area contributed by atoms with Gasteiger partial charge in [0.2, 0.25) is 0 Å². The van der Waals surface area contributed by atoms with E-state index in [2.05, 4.69) is 19.9 Å². The van der Waals surface area contributed by atoms with Crippen LogP contribution in [0.5, 0.6) is 0 Å². The number of hydrogen-bond acceptors (Lipinski definition) is 3. The molecule has 0 aliphatic rings. The number of nitrogens with zero attached hydrogens (tertiary/aromatic N) is 3. The van der Waals surface area contributed by atoms with E-state index in [0.717, 1.165) is 28.0 Å². The zero-order valence-electron chi connectivity index (χ0n) is 8.81. The van der Waals surface area contributed by atoms with Gasteiger partial charge in [0.25, 0.3) is 0 Å². The number of aryl methyl sites for hydroxylation is 1. The number of rotatable bonds is 1. The van der Waals surface area contributed by atoms with Gasteiger partial charge >= 0.3 is 0 Å². The molecule has 0 spiro atoms. The minimum atomic E-state index is 0.829. The van der Waals surface area contributed by atoms with Crippen LogP contribution in [0, 0.1) is 6.92 Å². The average molecular weight is 210 g/mol. The van der Waals surface area contributed by atoms with Gasteiger partial charge < -0.3 is 4.98 Å². The molecule has 3 heterocycles. The molecule has 0 radical (unpaired) electrons. The summed E-state index contributed by atoms with van der Waals surface area (Å²) in [6.07, 6.45) is 7.20. The van der Waals surface area contributed by atoms with Gasteiger partial charge in [-0.1, -0.05) is 0 Å². The quantitative estimate of drug-likeness (QED) is 0.670. The van der Waals surface area contributed by atoms with Crippen LogP contribution in [0.25, 0.3) is 22.4 Å². The van der Waals surface area contributed by atoms with Crippen molar-refractivity contribution in [3.05, 3.63) is 42.5 Å². The fourth-order valence-corrected chi connectivity index (χ4v) is 1.68. The van der Waals surface area contributed by atoms with Crippen LogP contribution in [0.1, 0.15) is 5.56 Å². The van der Waals surface area contributed by atoms with Crippen LogP contribution < -0.4 is 0 Å². The Balaban J connectivity index is 2.22. The summed E-state index contributed by atoms with van der Waals surface area (Å²) in [6, 6.07) is 3.86. The average Bonchev–Trinajstić information content (AvgIpc) is 2.72. The fourth-order valence-electron chi connectivity index (χ4n) is 1.68. The summed E-state index contributed by atoms with van der Waals surface area (Å²) in [5.41, 5.74) is 4.77.